The number of hydrogen-bond acceptors (Lipinski definition) is 6. The molecule has 1 saturated heterocycles. The Hall–Kier alpha value is -4.01. The number of anilines is 2. The van der Waals surface area contributed by atoms with Crippen molar-refractivity contribution in [3.63, 3.8) is 0 Å². The van der Waals surface area contributed by atoms with Gasteiger partial charge < -0.3 is 14.7 Å². The first-order valence-corrected chi connectivity index (χ1v) is 12.9. The zero-order chi connectivity index (χ0) is 29.4. The summed E-state index contributed by atoms with van der Waals surface area (Å²) in [7, 11) is 0. The fourth-order valence-corrected chi connectivity index (χ4v) is 5.08. The van der Waals surface area contributed by atoms with Gasteiger partial charge in [-0.3, -0.25) is 9.69 Å². The molecule has 0 atom stereocenters. The van der Waals surface area contributed by atoms with Gasteiger partial charge in [0.1, 0.15) is 23.5 Å². The van der Waals surface area contributed by atoms with Gasteiger partial charge in [-0.2, -0.15) is 13.8 Å². The molecule has 2 heterocycles. The van der Waals surface area contributed by atoms with Crippen LogP contribution in [0.5, 0.6) is 5.88 Å². The Bertz CT molecular complexity index is 1580. The van der Waals surface area contributed by atoms with E-state index in [2.05, 4.69) is 15.9 Å². The van der Waals surface area contributed by atoms with E-state index >= 15 is 4.39 Å². The smallest absolute Gasteiger partial charge is 0.292 e. The third-order valence-corrected chi connectivity index (χ3v) is 6.84. The van der Waals surface area contributed by atoms with Crippen molar-refractivity contribution in [1.29, 1.82) is 0 Å². The van der Waals surface area contributed by atoms with E-state index in [9.17, 15) is 18.7 Å². The number of amides is 1. The van der Waals surface area contributed by atoms with Gasteiger partial charge in [0.05, 0.1) is 17.7 Å². The van der Waals surface area contributed by atoms with E-state index in [0.717, 1.165) is 11.0 Å². The molecule has 0 bridgehead atoms. The Labute approximate surface area is 235 Å². The van der Waals surface area contributed by atoms with Crippen LogP contribution >= 0.6 is 12.2 Å². The van der Waals surface area contributed by atoms with Crippen molar-refractivity contribution in [2.45, 2.75) is 45.6 Å². The molecule has 0 unspecified atom stereocenters. The summed E-state index contributed by atoms with van der Waals surface area (Å²) in [4.78, 5) is 24.9. The maximum Gasteiger partial charge on any atom is 0.292 e. The highest BCUT2D eigenvalue weighted by Crippen LogP contribution is 2.41. The number of thiocarbonyl (C=S) groups is 1. The molecule has 1 fully saturated rings. The minimum absolute atomic E-state index is 0.00960. The second kappa shape index (κ2) is 10.9. The maximum absolute atomic E-state index is 15.5. The number of benzene rings is 2. The number of hydrogen-bond donors (Lipinski definition) is 1. The molecular weight excluding hydrogens is 541 g/mol. The Morgan fingerprint density at radius 1 is 1.23 bits per heavy atom. The number of aliphatic hydroxyl groups is 1. The average molecular weight is 569 g/mol. The highest BCUT2D eigenvalue weighted by atomic mass is 32.1. The third kappa shape index (κ3) is 4.89. The third-order valence-electron chi connectivity index (χ3n) is 6.47. The molecule has 7 nitrogen and oxygen atoms in total. The largest absolute Gasteiger partial charge is 0.475 e. The van der Waals surface area contributed by atoms with Crippen molar-refractivity contribution in [2.75, 3.05) is 23.0 Å². The monoisotopic (exact) mass is 568 g/mol. The summed E-state index contributed by atoms with van der Waals surface area (Å²) in [6.07, 6.45) is 7.82. The van der Waals surface area contributed by atoms with Crippen LogP contribution in [0.4, 0.5) is 24.5 Å². The number of aliphatic hydroxyl groups excluding tert-OH is 1. The Morgan fingerprint density at radius 3 is 2.58 bits per heavy atom. The standard InChI is InChI=1S/C29H27F3N4O3S/c1-6-11-29(31,32)21-15-18(10-9-17(21)7-2)35-26(38)28(4,5)36(27(35)40)19-14-20-24(22(30)16-19)33-23(8-3)34-25(20)39-13-12-37/h2,6,9-11,14-16,37H,8,12-13H2,1,3-5H3/b11-6+. The molecule has 0 spiro atoms. The van der Waals surface area contributed by atoms with Crippen LogP contribution in [0, 0.1) is 18.2 Å². The number of aromatic nitrogens is 2. The number of aryl methyl sites for hydroxylation is 1. The summed E-state index contributed by atoms with van der Waals surface area (Å²) in [5.74, 6) is -1.92. The molecule has 4 rings (SSSR count). The molecule has 1 amide bonds. The number of fused-ring (bicyclic) bond motifs is 1. The summed E-state index contributed by atoms with van der Waals surface area (Å²) >= 11 is 5.68. The molecule has 1 N–H and O–H groups in total. The average Bonchev–Trinajstić information content (AvgIpc) is 3.09. The number of nitrogens with zero attached hydrogens (tertiary/aromatic N) is 4. The molecule has 0 aliphatic carbocycles. The molecule has 1 aliphatic heterocycles. The second-order valence-corrected chi connectivity index (χ2v) is 9.87. The molecule has 40 heavy (non-hydrogen) atoms. The number of alkyl halides is 2. The quantitative estimate of drug-likeness (QED) is 0.225. The molecule has 208 valence electrons. The minimum Gasteiger partial charge on any atom is -0.475 e. The lowest BCUT2D eigenvalue weighted by Gasteiger charge is -2.29. The molecule has 0 radical (unpaired) electrons. The zero-order valence-corrected chi connectivity index (χ0v) is 23.2. The number of terminal acetylenes is 1. The minimum atomic E-state index is -3.39. The van der Waals surface area contributed by atoms with Gasteiger partial charge in [-0.05, 0) is 69.4 Å². The summed E-state index contributed by atoms with van der Waals surface area (Å²) in [5, 5.41) is 9.41. The first-order valence-electron chi connectivity index (χ1n) is 12.5. The van der Waals surface area contributed by atoms with Crippen LogP contribution in [0.2, 0.25) is 0 Å². The van der Waals surface area contributed by atoms with E-state index in [-0.39, 0.29) is 52.0 Å². The van der Waals surface area contributed by atoms with E-state index in [1.807, 2.05) is 6.92 Å². The fraction of sp³-hybridized carbons (Fsp3) is 0.310. The van der Waals surface area contributed by atoms with Crippen molar-refractivity contribution >= 4 is 45.5 Å². The Kier molecular flexibility index (Phi) is 7.87. The van der Waals surface area contributed by atoms with Crippen LogP contribution in [0.15, 0.2) is 42.5 Å². The molecule has 3 aromatic rings. The number of ether oxygens (including phenoxy) is 1. The number of carbonyl (C=O) groups excluding carboxylic acids is 1. The zero-order valence-electron chi connectivity index (χ0n) is 22.3. The van der Waals surface area contributed by atoms with Gasteiger partial charge in [-0.15, -0.1) is 6.42 Å². The highest BCUT2D eigenvalue weighted by Gasteiger charge is 2.51. The number of halogens is 3. The fourth-order valence-electron chi connectivity index (χ4n) is 4.56. The molecule has 1 aliphatic rings. The van der Waals surface area contributed by atoms with Crippen molar-refractivity contribution in [2.24, 2.45) is 0 Å². The second-order valence-electron chi connectivity index (χ2n) is 9.51. The lowest BCUT2D eigenvalue weighted by Crippen LogP contribution is -2.44. The highest BCUT2D eigenvalue weighted by molar-refractivity contribution is 7.81. The van der Waals surface area contributed by atoms with Crippen LogP contribution in [0.1, 0.15) is 44.6 Å². The van der Waals surface area contributed by atoms with Gasteiger partial charge in [0.15, 0.2) is 10.9 Å². The molecule has 1 aromatic heterocycles. The predicted molar refractivity (Wildman–Crippen MR) is 151 cm³/mol. The lowest BCUT2D eigenvalue weighted by molar-refractivity contribution is -0.120. The van der Waals surface area contributed by atoms with Crippen molar-refractivity contribution in [1.82, 2.24) is 9.97 Å². The number of rotatable bonds is 8. The summed E-state index contributed by atoms with van der Waals surface area (Å²) < 4.78 is 50.9. The maximum atomic E-state index is 15.5. The lowest BCUT2D eigenvalue weighted by atomic mass is 9.99. The van der Waals surface area contributed by atoms with E-state index in [1.165, 1.54) is 36.1 Å². The Morgan fingerprint density at radius 2 is 1.95 bits per heavy atom. The van der Waals surface area contributed by atoms with Gasteiger partial charge in [0, 0.05) is 23.2 Å². The summed E-state index contributed by atoms with van der Waals surface area (Å²) in [6, 6.07) is 6.65. The molecular formula is C29H27F3N4O3S. The van der Waals surface area contributed by atoms with Gasteiger partial charge in [-0.25, -0.2) is 9.37 Å². The SMILES string of the molecule is C#Cc1ccc(N2C(=O)C(C)(C)N(c3cc(F)c4nc(CC)nc(OCCO)c4c3)C2=S)cc1C(F)(F)/C=C/C. The topological polar surface area (TPSA) is 78.8 Å². The summed E-state index contributed by atoms with van der Waals surface area (Å²) in [5.41, 5.74) is -1.51. The van der Waals surface area contributed by atoms with Gasteiger partial charge >= 0.3 is 0 Å². The molecule has 2 aromatic carbocycles. The first-order chi connectivity index (χ1) is 18.9. The van der Waals surface area contributed by atoms with E-state index in [0.29, 0.717) is 18.3 Å². The normalized spacial score (nSPS) is 15.4. The number of allylic oxidation sites excluding steroid dienone is 2. The molecule has 11 heteroatoms. The van der Waals surface area contributed by atoms with E-state index in [1.54, 1.807) is 19.9 Å². The van der Waals surface area contributed by atoms with Crippen LogP contribution in [-0.2, 0) is 17.1 Å². The van der Waals surface area contributed by atoms with Crippen molar-refractivity contribution in [3.8, 4) is 18.2 Å². The van der Waals surface area contributed by atoms with Crippen LogP contribution < -0.4 is 14.5 Å². The van der Waals surface area contributed by atoms with E-state index < -0.39 is 28.7 Å². The van der Waals surface area contributed by atoms with Gasteiger partial charge in [0.25, 0.3) is 11.8 Å². The van der Waals surface area contributed by atoms with Crippen molar-refractivity contribution in [3.05, 3.63) is 65.3 Å². The van der Waals surface area contributed by atoms with Crippen molar-refractivity contribution < 1.29 is 27.8 Å². The van der Waals surface area contributed by atoms with Crippen LogP contribution in [0.3, 0.4) is 0 Å². The van der Waals surface area contributed by atoms with Crippen LogP contribution in [0.25, 0.3) is 10.9 Å². The summed E-state index contributed by atoms with van der Waals surface area (Å²) in [6.45, 7) is 6.10. The van der Waals surface area contributed by atoms with Crippen LogP contribution in [-0.4, -0.2) is 44.8 Å². The van der Waals surface area contributed by atoms with Gasteiger partial charge in [0.2, 0.25) is 5.88 Å². The van der Waals surface area contributed by atoms with E-state index in [4.69, 9.17) is 23.4 Å². The molecule has 0 saturated carbocycles. The predicted octanol–water partition coefficient (Wildman–Crippen LogP) is 5.27. The Balaban J connectivity index is 1.86. The first kappa shape index (κ1) is 29.0. The van der Waals surface area contributed by atoms with Gasteiger partial charge in [-0.1, -0.05) is 18.9 Å². The number of carbonyl (C=O) groups is 1.